The number of hydrogen-bond acceptors (Lipinski definition) is 4. The van der Waals surface area contributed by atoms with Crippen LogP contribution in [-0.2, 0) is 11.2 Å². The summed E-state index contributed by atoms with van der Waals surface area (Å²) in [7, 11) is 0. The third-order valence-electron chi connectivity index (χ3n) is 6.37. The number of amides is 3. The van der Waals surface area contributed by atoms with Gasteiger partial charge in [0, 0.05) is 12.1 Å². The molecule has 0 aliphatic carbocycles. The molecule has 4 aromatic rings. The van der Waals surface area contributed by atoms with Crippen LogP contribution in [0.4, 0.5) is 5.69 Å². The summed E-state index contributed by atoms with van der Waals surface area (Å²) in [4.78, 5) is 41.6. The number of fused-ring (bicyclic) bond motifs is 1. The molecule has 0 spiro atoms. The largest absolute Gasteiger partial charge is 0.457 e. The summed E-state index contributed by atoms with van der Waals surface area (Å²) >= 11 is 24.9. The van der Waals surface area contributed by atoms with Gasteiger partial charge in [0.2, 0.25) is 5.91 Å². The number of hydrogen-bond donors (Lipinski definition) is 1. The van der Waals surface area contributed by atoms with Crippen molar-refractivity contribution < 1.29 is 19.1 Å². The van der Waals surface area contributed by atoms with Gasteiger partial charge in [-0.05, 0) is 54.4 Å². The Morgan fingerprint density at radius 2 is 1.38 bits per heavy atom. The number of nitrogens with zero attached hydrogens (tertiary/aromatic N) is 1. The highest BCUT2D eigenvalue weighted by Gasteiger charge is 2.46. The van der Waals surface area contributed by atoms with Crippen molar-refractivity contribution in [3.05, 3.63) is 121 Å². The molecule has 0 saturated heterocycles. The van der Waals surface area contributed by atoms with Gasteiger partial charge in [-0.3, -0.25) is 19.3 Å². The minimum Gasteiger partial charge on any atom is -0.457 e. The van der Waals surface area contributed by atoms with E-state index in [1.807, 2.05) is 37.3 Å². The predicted molar refractivity (Wildman–Crippen MR) is 157 cm³/mol. The molecule has 1 aliphatic rings. The Hall–Kier alpha value is -3.55. The molecule has 1 heterocycles. The smallest absolute Gasteiger partial charge is 0.263 e. The molecule has 40 heavy (non-hydrogen) atoms. The molecule has 202 valence electrons. The fourth-order valence-electron chi connectivity index (χ4n) is 4.43. The van der Waals surface area contributed by atoms with Crippen molar-refractivity contribution in [2.45, 2.75) is 19.4 Å². The van der Waals surface area contributed by atoms with Crippen LogP contribution in [0.3, 0.4) is 0 Å². The van der Waals surface area contributed by atoms with Crippen LogP contribution in [0, 0.1) is 6.92 Å². The van der Waals surface area contributed by atoms with Crippen molar-refractivity contribution in [2.24, 2.45) is 0 Å². The van der Waals surface area contributed by atoms with Gasteiger partial charge in [-0.15, -0.1) is 0 Å². The molecule has 3 amide bonds. The van der Waals surface area contributed by atoms with Crippen LogP contribution in [0.5, 0.6) is 11.5 Å². The number of imide groups is 1. The maximum atomic E-state index is 13.7. The molecule has 1 N–H and O–H groups in total. The van der Waals surface area contributed by atoms with Crippen LogP contribution in [0.1, 0.15) is 31.8 Å². The van der Waals surface area contributed by atoms with E-state index in [9.17, 15) is 14.4 Å². The monoisotopic (exact) mass is 612 g/mol. The lowest BCUT2D eigenvalue weighted by Crippen LogP contribution is -2.48. The summed E-state index contributed by atoms with van der Waals surface area (Å²) in [5.41, 5.74) is 1.86. The van der Waals surface area contributed by atoms with Crippen molar-refractivity contribution in [3.63, 3.8) is 0 Å². The quantitative estimate of drug-likeness (QED) is 0.129. The van der Waals surface area contributed by atoms with Gasteiger partial charge in [0.25, 0.3) is 11.8 Å². The molecule has 1 atom stereocenters. The number of rotatable bonds is 7. The number of ether oxygens (including phenoxy) is 1. The maximum absolute atomic E-state index is 13.7. The van der Waals surface area contributed by atoms with E-state index in [0.717, 1.165) is 16.0 Å². The molecular formula is C30H20Cl4N2O4. The second-order valence-electron chi connectivity index (χ2n) is 9.12. The van der Waals surface area contributed by atoms with Crippen molar-refractivity contribution in [1.29, 1.82) is 0 Å². The molecule has 5 rings (SSSR count). The summed E-state index contributed by atoms with van der Waals surface area (Å²) in [5.74, 6) is -0.910. The van der Waals surface area contributed by atoms with E-state index in [-0.39, 0.29) is 37.6 Å². The summed E-state index contributed by atoms with van der Waals surface area (Å²) in [6, 6.07) is 22.1. The Labute approximate surface area is 250 Å². The Morgan fingerprint density at radius 3 is 1.95 bits per heavy atom. The molecule has 0 fully saturated rings. The zero-order chi connectivity index (χ0) is 28.6. The minimum absolute atomic E-state index is 0.0450. The highest BCUT2D eigenvalue weighted by atomic mass is 35.5. The number of carbonyl (C=O) groups excluding carboxylic acids is 3. The van der Waals surface area contributed by atoms with E-state index in [1.54, 1.807) is 48.5 Å². The fraction of sp³-hybridized carbons (Fsp3) is 0.100. The third-order valence-corrected chi connectivity index (χ3v) is 8.17. The second-order valence-corrected chi connectivity index (χ2v) is 10.6. The lowest BCUT2D eigenvalue weighted by atomic mass is 10.0. The van der Waals surface area contributed by atoms with Crippen LogP contribution < -0.4 is 10.1 Å². The normalized spacial score (nSPS) is 13.3. The van der Waals surface area contributed by atoms with E-state index < -0.39 is 23.8 Å². The molecule has 0 aromatic heterocycles. The molecule has 0 saturated carbocycles. The highest BCUT2D eigenvalue weighted by Crippen LogP contribution is 2.45. The number of halogens is 4. The van der Waals surface area contributed by atoms with Crippen LogP contribution in [0.2, 0.25) is 20.1 Å². The Balaban J connectivity index is 1.43. The summed E-state index contributed by atoms with van der Waals surface area (Å²) in [6.07, 6.45) is 0.0450. The summed E-state index contributed by atoms with van der Waals surface area (Å²) < 4.78 is 5.88. The standard InChI is InChI=1S/C30H20Cl4N2O4/c1-16-6-5-9-20(14-16)40-19-12-10-18(11-13-19)35-28(37)21(15-17-7-3-2-4-8-17)36-29(38)22-23(30(36)39)25(32)27(34)26(33)24(22)31/h2-14,21H,15H2,1H3,(H,35,37). The lowest BCUT2D eigenvalue weighted by Gasteiger charge is -2.25. The molecule has 6 nitrogen and oxygen atoms in total. The third kappa shape index (κ3) is 5.40. The first-order valence-electron chi connectivity index (χ1n) is 12.1. The van der Waals surface area contributed by atoms with Crippen LogP contribution >= 0.6 is 46.4 Å². The van der Waals surface area contributed by atoms with Gasteiger partial charge >= 0.3 is 0 Å². The topological polar surface area (TPSA) is 75.7 Å². The lowest BCUT2D eigenvalue weighted by molar-refractivity contribution is -0.119. The number of nitrogens with one attached hydrogen (secondary N) is 1. The number of aryl methyl sites for hydroxylation is 1. The molecule has 0 radical (unpaired) electrons. The number of anilines is 1. The van der Waals surface area contributed by atoms with Crippen LogP contribution in [-0.4, -0.2) is 28.7 Å². The molecule has 4 aromatic carbocycles. The molecular weight excluding hydrogens is 594 g/mol. The van der Waals surface area contributed by atoms with E-state index in [1.165, 1.54) is 0 Å². The zero-order valence-corrected chi connectivity index (χ0v) is 23.9. The van der Waals surface area contributed by atoms with Gasteiger partial charge in [-0.1, -0.05) is 88.9 Å². The van der Waals surface area contributed by atoms with E-state index >= 15 is 0 Å². The number of carbonyl (C=O) groups is 3. The van der Waals surface area contributed by atoms with Gasteiger partial charge in [0.05, 0.1) is 31.2 Å². The Morgan fingerprint density at radius 1 is 0.775 bits per heavy atom. The molecule has 0 bridgehead atoms. The van der Waals surface area contributed by atoms with Crippen LogP contribution in [0.25, 0.3) is 0 Å². The van der Waals surface area contributed by atoms with Gasteiger partial charge in [-0.25, -0.2) is 0 Å². The SMILES string of the molecule is Cc1cccc(Oc2ccc(NC(=O)C(Cc3ccccc3)N3C(=O)c4c(Cl)c(Cl)c(Cl)c(Cl)c4C3=O)cc2)c1. The van der Waals surface area contributed by atoms with Gasteiger partial charge < -0.3 is 10.1 Å². The fourth-order valence-corrected chi connectivity index (χ4v) is 5.45. The summed E-state index contributed by atoms with van der Waals surface area (Å²) in [5, 5.41) is 2.11. The first-order chi connectivity index (χ1) is 19.2. The average molecular weight is 614 g/mol. The maximum Gasteiger partial charge on any atom is 0.263 e. The van der Waals surface area contributed by atoms with Gasteiger partial charge in [0.15, 0.2) is 0 Å². The van der Waals surface area contributed by atoms with E-state index in [4.69, 9.17) is 51.1 Å². The number of benzene rings is 4. The predicted octanol–water partition coefficient (Wildman–Crippen LogP) is 8.25. The van der Waals surface area contributed by atoms with Crippen molar-refractivity contribution >= 4 is 69.8 Å². The van der Waals surface area contributed by atoms with Crippen molar-refractivity contribution in [2.75, 3.05) is 5.32 Å². The highest BCUT2D eigenvalue weighted by molar-refractivity contribution is 6.55. The Bertz CT molecular complexity index is 1600. The molecule has 10 heteroatoms. The average Bonchev–Trinajstić information content (AvgIpc) is 3.20. The molecule has 1 unspecified atom stereocenters. The summed E-state index contributed by atoms with van der Waals surface area (Å²) in [6.45, 7) is 1.97. The van der Waals surface area contributed by atoms with E-state index in [0.29, 0.717) is 17.2 Å². The minimum atomic E-state index is -1.23. The zero-order valence-electron chi connectivity index (χ0n) is 20.9. The first kappa shape index (κ1) is 28.0. The van der Waals surface area contributed by atoms with Gasteiger partial charge in [-0.2, -0.15) is 0 Å². The van der Waals surface area contributed by atoms with Crippen LogP contribution in [0.15, 0.2) is 78.9 Å². The van der Waals surface area contributed by atoms with Gasteiger partial charge in [0.1, 0.15) is 17.5 Å². The molecule has 1 aliphatic heterocycles. The Kier molecular flexibility index (Phi) is 8.06. The van der Waals surface area contributed by atoms with Crippen molar-refractivity contribution in [3.8, 4) is 11.5 Å². The van der Waals surface area contributed by atoms with E-state index in [2.05, 4.69) is 5.32 Å². The second kappa shape index (κ2) is 11.5. The van der Waals surface area contributed by atoms with Crippen molar-refractivity contribution in [1.82, 2.24) is 4.90 Å². The first-order valence-corrected chi connectivity index (χ1v) is 13.6.